The molecule has 0 aliphatic heterocycles. The van der Waals surface area contributed by atoms with Gasteiger partial charge in [-0.15, -0.1) is 0 Å². The summed E-state index contributed by atoms with van der Waals surface area (Å²) < 4.78 is 4.85. The minimum Gasteiger partial charge on any atom is -0.389 e. The zero-order valence-electron chi connectivity index (χ0n) is 11.6. The molecule has 2 atom stereocenters. The topological polar surface area (TPSA) is 61.8 Å². The van der Waals surface area contributed by atoms with Crippen LogP contribution in [0, 0.1) is 5.92 Å². The molecule has 1 amide bonds. The number of carbonyl (C=O) groups excluding carboxylic acids is 1. The lowest BCUT2D eigenvalue weighted by atomic mass is 10.2. The minimum absolute atomic E-state index is 0.00850. The van der Waals surface area contributed by atoms with Crippen molar-refractivity contribution in [3.05, 3.63) is 0 Å². The van der Waals surface area contributed by atoms with Crippen LogP contribution in [0.5, 0.6) is 0 Å². The monoisotopic (exact) mass is 246 g/mol. The first-order valence-electron chi connectivity index (χ1n) is 6.03. The molecule has 2 unspecified atom stereocenters. The van der Waals surface area contributed by atoms with Crippen LogP contribution in [0.2, 0.25) is 0 Å². The van der Waals surface area contributed by atoms with Crippen molar-refractivity contribution < 1.29 is 14.6 Å². The number of nitrogens with one attached hydrogen (secondary N) is 1. The van der Waals surface area contributed by atoms with Crippen LogP contribution < -0.4 is 5.32 Å². The van der Waals surface area contributed by atoms with Crippen molar-refractivity contribution in [1.29, 1.82) is 0 Å². The van der Waals surface area contributed by atoms with E-state index in [1.807, 2.05) is 18.9 Å². The Hall–Kier alpha value is -0.650. The van der Waals surface area contributed by atoms with Crippen molar-refractivity contribution in [2.45, 2.75) is 32.9 Å². The van der Waals surface area contributed by atoms with Crippen LogP contribution in [0.3, 0.4) is 0 Å². The number of hydrogen-bond acceptors (Lipinski definition) is 4. The Labute approximate surface area is 104 Å². The molecule has 0 aromatic heterocycles. The Morgan fingerprint density at radius 1 is 1.41 bits per heavy atom. The van der Waals surface area contributed by atoms with Crippen molar-refractivity contribution in [1.82, 2.24) is 10.2 Å². The molecule has 0 aromatic carbocycles. The van der Waals surface area contributed by atoms with Gasteiger partial charge in [0.05, 0.1) is 18.8 Å². The Balaban J connectivity index is 4.01. The van der Waals surface area contributed by atoms with Gasteiger partial charge in [-0.05, 0) is 19.9 Å². The minimum atomic E-state index is -0.564. The predicted molar refractivity (Wildman–Crippen MR) is 67.8 cm³/mol. The molecular weight excluding hydrogens is 220 g/mol. The summed E-state index contributed by atoms with van der Waals surface area (Å²) in [5.74, 6) is 0.432. The van der Waals surface area contributed by atoms with Crippen LogP contribution in [0.25, 0.3) is 0 Å². The van der Waals surface area contributed by atoms with E-state index in [1.165, 1.54) is 0 Å². The molecule has 0 aliphatic rings. The first kappa shape index (κ1) is 16.4. The zero-order valence-corrected chi connectivity index (χ0v) is 11.6. The van der Waals surface area contributed by atoms with E-state index in [1.54, 1.807) is 7.11 Å². The Morgan fingerprint density at radius 2 is 2.00 bits per heavy atom. The zero-order chi connectivity index (χ0) is 13.4. The molecule has 0 saturated carbocycles. The standard InChI is InChI=1S/C12H26N2O3/c1-9(2)6-13-12(16)10(3)14(4)7-11(15)8-17-5/h9-11,15H,6-8H2,1-5H3,(H,13,16). The Morgan fingerprint density at radius 3 is 2.47 bits per heavy atom. The third-order valence-corrected chi connectivity index (χ3v) is 2.58. The molecule has 0 bridgehead atoms. The average Bonchev–Trinajstić information content (AvgIpc) is 2.24. The first-order valence-corrected chi connectivity index (χ1v) is 6.03. The second-order valence-corrected chi connectivity index (χ2v) is 4.86. The SMILES string of the molecule is COCC(O)CN(C)C(C)C(=O)NCC(C)C. The number of carbonyl (C=O) groups is 1. The second-order valence-electron chi connectivity index (χ2n) is 4.86. The number of amides is 1. The van der Waals surface area contributed by atoms with Gasteiger partial charge in [-0.25, -0.2) is 0 Å². The van der Waals surface area contributed by atoms with Gasteiger partial charge in [0.1, 0.15) is 0 Å². The van der Waals surface area contributed by atoms with Gasteiger partial charge >= 0.3 is 0 Å². The van der Waals surface area contributed by atoms with E-state index < -0.39 is 6.10 Å². The highest BCUT2D eigenvalue weighted by molar-refractivity contribution is 5.81. The molecule has 0 heterocycles. The number of hydrogen-bond donors (Lipinski definition) is 2. The van der Waals surface area contributed by atoms with Gasteiger partial charge in [-0.1, -0.05) is 13.8 Å². The van der Waals surface area contributed by atoms with Crippen LogP contribution in [0.15, 0.2) is 0 Å². The van der Waals surface area contributed by atoms with Crippen molar-refractivity contribution in [2.24, 2.45) is 5.92 Å². The molecule has 17 heavy (non-hydrogen) atoms. The second kappa shape index (κ2) is 8.44. The molecule has 0 radical (unpaired) electrons. The summed E-state index contributed by atoms with van der Waals surface area (Å²) in [6.07, 6.45) is -0.564. The normalized spacial score (nSPS) is 15.1. The van der Waals surface area contributed by atoms with E-state index in [9.17, 15) is 9.90 Å². The maximum atomic E-state index is 11.8. The van der Waals surface area contributed by atoms with Crippen LogP contribution in [-0.4, -0.2) is 61.9 Å². The summed E-state index contributed by atoms with van der Waals surface area (Å²) in [7, 11) is 3.36. The first-order chi connectivity index (χ1) is 7.88. The van der Waals surface area contributed by atoms with Crippen molar-refractivity contribution in [2.75, 3.05) is 33.9 Å². The van der Waals surface area contributed by atoms with Gasteiger partial charge in [0, 0.05) is 20.2 Å². The van der Waals surface area contributed by atoms with Gasteiger partial charge < -0.3 is 15.2 Å². The molecule has 2 N–H and O–H groups in total. The largest absolute Gasteiger partial charge is 0.389 e. The lowest BCUT2D eigenvalue weighted by Crippen LogP contribution is -2.47. The van der Waals surface area contributed by atoms with E-state index in [0.29, 0.717) is 19.0 Å². The van der Waals surface area contributed by atoms with Crippen molar-refractivity contribution in [3.8, 4) is 0 Å². The van der Waals surface area contributed by atoms with Gasteiger partial charge in [-0.2, -0.15) is 0 Å². The van der Waals surface area contributed by atoms with E-state index in [0.717, 1.165) is 0 Å². The Kier molecular flexibility index (Phi) is 8.12. The van der Waals surface area contributed by atoms with E-state index >= 15 is 0 Å². The molecule has 5 heteroatoms. The molecule has 5 nitrogen and oxygen atoms in total. The van der Waals surface area contributed by atoms with Crippen LogP contribution in [0.4, 0.5) is 0 Å². The summed E-state index contributed by atoms with van der Waals surface area (Å²) in [5, 5.41) is 12.4. The fraction of sp³-hybridized carbons (Fsp3) is 0.917. The highest BCUT2D eigenvalue weighted by Gasteiger charge is 2.19. The average molecular weight is 246 g/mol. The molecule has 0 aromatic rings. The van der Waals surface area contributed by atoms with Crippen LogP contribution in [0.1, 0.15) is 20.8 Å². The summed E-state index contributed by atoms with van der Waals surface area (Å²) in [4.78, 5) is 13.6. The van der Waals surface area contributed by atoms with Gasteiger partial charge in [0.15, 0.2) is 0 Å². The number of aliphatic hydroxyl groups is 1. The Bertz CT molecular complexity index is 222. The number of aliphatic hydroxyl groups excluding tert-OH is 1. The number of methoxy groups -OCH3 is 1. The molecule has 0 aliphatic carbocycles. The maximum Gasteiger partial charge on any atom is 0.237 e. The van der Waals surface area contributed by atoms with Gasteiger partial charge in [-0.3, -0.25) is 9.69 Å². The number of rotatable bonds is 8. The summed E-state index contributed by atoms with van der Waals surface area (Å²) in [5.41, 5.74) is 0. The molecule has 0 fully saturated rings. The summed E-state index contributed by atoms with van der Waals surface area (Å²) in [6, 6.07) is -0.250. The summed E-state index contributed by atoms with van der Waals surface area (Å²) in [6.45, 7) is 7.32. The summed E-state index contributed by atoms with van der Waals surface area (Å²) >= 11 is 0. The fourth-order valence-electron chi connectivity index (χ4n) is 1.39. The molecule has 102 valence electrons. The lowest BCUT2D eigenvalue weighted by Gasteiger charge is -2.26. The quantitative estimate of drug-likeness (QED) is 0.637. The third kappa shape index (κ3) is 7.31. The number of nitrogens with zero attached hydrogens (tertiary/aromatic N) is 1. The third-order valence-electron chi connectivity index (χ3n) is 2.58. The fourth-order valence-corrected chi connectivity index (χ4v) is 1.39. The van der Waals surface area contributed by atoms with E-state index in [4.69, 9.17) is 4.74 Å². The predicted octanol–water partition coefficient (Wildman–Crippen LogP) is 0.0862. The number of likely N-dealkylation sites (N-methyl/N-ethyl adjacent to an activating group) is 1. The van der Waals surface area contributed by atoms with E-state index in [2.05, 4.69) is 19.2 Å². The highest BCUT2D eigenvalue weighted by atomic mass is 16.5. The number of ether oxygens (including phenoxy) is 1. The maximum absolute atomic E-state index is 11.8. The molecular formula is C12H26N2O3. The van der Waals surface area contributed by atoms with Crippen LogP contribution in [-0.2, 0) is 9.53 Å². The smallest absolute Gasteiger partial charge is 0.237 e. The van der Waals surface area contributed by atoms with E-state index in [-0.39, 0.29) is 18.6 Å². The molecule has 0 spiro atoms. The van der Waals surface area contributed by atoms with Crippen molar-refractivity contribution >= 4 is 5.91 Å². The van der Waals surface area contributed by atoms with Gasteiger partial charge in [0.2, 0.25) is 5.91 Å². The molecule has 0 saturated heterocycles. The van der Waals surface area contributed by atoms with Crippen molar-refractivity contribution in [3.63, 3.8) is 0 Å². The van der Waals surface area contributed by atoms with Gasteiger partial charge in [0.25, 0.3) is 0 Å². The van der Waals surface area contributed by atoms with Crippen LogP contribution >= 0.6 is 0 Å². The molecule has 0 rings (SSSR count). The highest BCUT2D eigenvalue weighted by Crippen LogP contribution is 1.99. The lowest BCUT2D eigenvalue weighted by molar-refractivity contribution is -0.126.